The van der Waals surface area contributed by atoms with Gasteiger partial charge in [0, 0.05) is 0 Å². The molecule has 166 valence electrons. The smallest absolute Gasteiger partial charge is 0.412 e. The van der Waals surface area contributed by atoms with Crippen molar-refractivity contribution in [3.63, 3.8) is 0 Å². The Hall–Kier alpha value is -0.232. The Bertz CT molecular complexity index is 516. The SMILES string of the molecule is CC(C)[C@H](N)C(=O)[AsH][C@@H](C)C(=O)NC[C@H](O)CC(C1CCCCC1)[PH](=O)O.O. The Morgan fingerprint density at radius 3 is 2.29 bits per heavy atom. The van der Waals surface area contributed by atoms with E-state index in [9.17, 15) is 24.2 Å². The van der Waals surface area contributed by atoms with Gasteiger partial charge in [-0.1, -0.05) is 0 Å². The van der Waals surface area contributed by atoms with Crippen LogP contribution in [0.4, 0.5) is 0 Å². The maximum atomic E-state index is 12.2. The molecule has 0 aromatic heterocycles. The Morgan fingerprint density at radius 1 is 1.21 bits per heavy atom. The summed E-state index contributed by atoms with van der Waals surface area (Å²) in [6.07, 6.45) is 4.52. The van der Waals surface area contributed by atoms with Crippen LogP contribution in [-0.2, 0) is 14.2 Å². The van der Waals surface area contributed by atoms with Crippen molar-refractivity contribution in [3.05, 3.63) is 0 Å². The number of rotatable bonds is 11. The standard InChI is InChI=1S/C18H36AsN2O5P.H2O/c1-11(2)16(20)17(23)19-12(3)18(24)21-10-14(22)9-15(27(25)26)13-7-5-4-6-8-13;/h11-16,19,22,27H,4-10,20H2,1-3H3,(H,21,24)(H,25,26);1H2/t12-,14+,15?,16-;/m0./s1. The fourth-order valence-electron chi connectivity index (χ4n) is 3.46. The molecule has 0 heterocycles. The topological polar surface area (TPSA) is 161 Å². The van der Waals surface area contributed by atoms with Gasteiger partial charge in [-0.05, 0) is 0 Å². The predicted molar refractivity (Wildman–Crippen MR) is 113 cm³/mol. The Labute approximate surface area is 175 Å². The number of hydrogen-bond acceptors (Lipinski definition) is 5. The van der Waals surface area contributed by atoms with Crippen LogP contribution in [0, 0.1) is 11.8 Å². The van der Waals surface area contributed by atoms with Crippen LogP contribution in [0.5, 0.6) is 0 Å². The summed E-state index contributed by atoms with van der Waals surface area (Å²) >= 11 is -1.18. The van der Waals surface area contributed by atoms with Crippen molar-refractivity contribution in [1.82, 2.24) is 5.32 Å². The van der Waals surface area contributed by atoms with E-state index in [1.807, 2.05) is 13.8 Å². The summed E-state index contributed by atoms with van der Waals surface area (Å²) in [6.45, 7) is 5.51. The third-order valence-corrected chi connectivity index (χ3v) is 9.44. The van der Waals surface area contributed by atoms with Crippen LogP contribution >= 0.6 is 8.03 Å². The molecule has 0 saturated heterocycles. The van der Waals surface area contributed by atoms with Crippen LogP contribution in [0.1, 0.15) is 59.3 Å². The monoisotopic (exact) mass is 484 g/mol. The third kappa shape index (κ3) is 9.51. The van der Waals surface area contributed by atoms with E-state index in [1.165, 1.54) is 0 Å². The predicted octanol–water partition coefficient (Wildman–Crippen LogP) is 0.200. The second-order valence-electron chi connectivity index (χ2n) is 7.98. The summed E-state index contributed by atoms with van der Waals surface area (Å²) in [5.74, 6) is -0.0259. The minimum absolute atomic E-state index is 0. The number of aliphatic hydroxyl groups excluding tert-OH is 1. The molecular weight excluding hydrogens is 446 g/mol. The summed E-state index contributed by atoms with van der Waals surface area (Å²) in [6, 6.07) is -0.524. The summed E-state index contributed by atoms with van der Waals surface area (Å²) in [5, 5.41) is 12.9. The van der Waals surface area contributed by atoms with Gasteiger partial charge >= 0.3 is 170 Å². The summed E-state index contributed by atoms with van der Waals surface area (Å²) in [5.41, 5.74) is 5.45. The Morgan fingerprint density at radius 2 is 1.79 bits per heavy atom. The van der Waals surface area contributed by atoms with Gasteiger partial charge in [-0.3, -0.25) is 0 Å². The molecule has 1 aliphatic rings. The first-order valence-corrected chi connectivity index (χ1v) is 13.6. The maximum Gasteiger partial charge on any atom is -0.412 e. The molecule has 0 radical (unpaired) electrons. The number of hydrogen-bond donors (Lipinski definition) is 4. The van der Waals surface area contributed by atoms with Gasteiger partial charge in [0.05, 0.1) is 0 Å². The van der Waals surface area contributed by atoms with Crippen molar-refractivity contribution in [1.29, 1.82) is 0 Å². The van der Waals surface area contributed by atoms with Crippen molar-refractivity contribution < 1.29 is 29.6 Å². The number of carbonyl (C=O) groups excluding carboxylic acids is 2. The van der Waals surface area contributed by atoms with Crippen LogP contribution in [0.15, 0.2) is 0 Å². The van der Waals surface area contributed by atoms with Crippen molar-refractivity contribution in [2.45, 2.75) is 81.8 Å². The first-order valence-electron chi connectivity index (χ1n) is 9.88. The molecule has 1 fully saturated rings. The van der Waals surface area contributed by atoms with E-state index in [-0.39, 0.29) is 40.8 Å². The quantitative estimate of drug-likeness (QED) is 0.242. The average Bonchev–Trinajstić information content (AvgIpc) is 2.63. The molecule has 1 amide bonds. The van der Waals surface area contributed by atoms with E-state index in [1.54, 1.807) is 6.92 Å². The van der Waals surface area contributed by atoms with Gasteiger partial charge in [0.15, 0.2) is 0 Å². The zero-order chi connectivity index (χ0) is 20.6. The summed E-state index contributed by atoms with van der Waals surface area (Å²) in [7, 11) is -2.73. The first kappa shape index (κ1) is 27.8. The molecule has 0 aromatic rings. The Balaban J connectivity index is 0.00000729. The van der Waals surface area contributed by atoms with Gasteiger partial charge in [-0.25, -0.2) is 0 Å². The van der Waals surface area contributed by atoms with Crippen LogP contribution < -0.4 is 11.1 Å². The molecule has 1 rings (SSSR count). The molecule has 0 bridgehead atoms. The van der Waals surface area contributed by atoms with Crippen molar-refractivity contribution in [2.75, 3.05) is 6.54 Å². The molecule has 0 spiro atoms. The zero-order valence-corrected chi connectivity index (χ0v) is 20.2. The molecule has 10 heteroatoms. The van der Waals surface area contributed by atoms with E-state index < -0.39 is 46.3 Å². The van der Waals surface area contributed by atoms with Gasteiger partial charge in [0.2, 0.25) is 0 Å². The fraction of sp³-hybridized carbons (Fsp3) is 0.889. The summed E-state index contributed by atoms with van der Waals surface area (Å²) < 4.78 is 11.3. The largest absolute Gasteiger partial charge is 0.412 e. The molecule has 7 N–H and O–H groups in total. The average molecular weight is 484 g/mol. The number of nitrogens with one attached hydrogen (secondary N) is 1. The molecule has 0 aromatic carbocycles. The molecule has 0 aliphatic heterocycles. The second kappa shape index (κ2) is 13.9. The third-order valence-electron chi connectivity index (χ3n) is 5.35. The summed E-state index contributed by atoms with van der Waals surface area (Å²) in [4.78, 5) is 34.0. The van der Waals surface area contributed by atoms with E-state index in [0.29, 0.717) is 0 Å². The molecule has 1 saturated carbocycles. The van der Waals surface area contributed by atoms with Gasteiger partial charge in [-0.15, -0.1) is 0 Å². The van der Waals surface area contributed by atoms with E-state index in [0.717, 1.165) is 32.1 Å². The minimum Gasteiger partial charge on any atom is -0.412 e. The number of nitrogens with two attached hydrogens (primary N) is 1. The first-order chi connectivity index (χ1) is 12.6. The maximum absolute atomic E-state index is 12.2. The fourth-order valence-corrected chi connectivity index (χ4v) is 7.16. The van der Waals surface area contributed by atoms with Crippen LogP contribution in [0.3, 0.4) is 0 Å². The molecule has 6 atom stereocenters. The number of carbonyl (C=O) groups is 2. The molecular formula is C18H38AsN2O6P. The van der Waals surface area contributed by atoms with Gasteiger partial charge in [-0.2, -0.15) is 0 Å². The molecule has 1 aliphatic carbocycles. The normalized spacial score (nSPS) is 21.0. The van der Waals surface area contributed by atoms with Crippen LogP contribution in [0.25, 0.3) is 0 Å². The van der Waals surface area contributed by atoms with E-state index >= 15 is 0 Å². The minimum atomic E-state index is -2.73. The molecule has 28 heavy (non-hydrogen) atoms. The second-order valence-corrected chi connectivity index (χ2v) is 12.9. The Kier molecular flexibility index (Phi) is 13.8. The molecule has 3 unspecified atom stereocenters. The van der Waals surface area contributed by atoms with Gasteiger partial charge in [0.25, 0.3) is 0 Å². The zero-order valence-electron chi connectivity index (χ0n) is 17.1. The van der Waals surface area contributed by atoms with E-state index in [4.69, 9.17) is 5.73 Å². The van der Waals surface area contributed by atoms with Crippen molar-refractivity contribution in [2.24, 2.45) is 17.6 Å². The van der Waals surface area contributed by atoms with Crippen LogP contribution in [0.2, 0.25) is 4.71 Å². The number of amides is 1. The van der Waals surface area contributed by atoms with Crippen molar-refractivity contribution >= 4 is 34.3 Å². The number of aliphatic hydroxyl groups is 1. The molecule has 8 nitrogen and oxygen atoms in total. The van der Waals surface area contributed by atoms with E-state index in [2.05, 4.69) is 5.32 Å². The van der Waals surface area contributed by atoms with Crippen LogP contribution in [-0.4, -0.2) is 66.1 Å². The van der Waals surface area contributed by atoms with Crippen molar-refractivity contribution in [3.8, 4) is 0 Å². The van der Waals surface area contributed by atoms with Gasteiger partial charge in [0.1, 0.15) is 0 Å². The van der Waals surface area contributed by atoms with Gasteiger partial charge < -0.3 is 5.48 Å².